The zero-order valence-electron chi connectivity index (χ0n) is 10.8. The van der Waals surface area contributed by atoms with Crippen LogP contribution >= 0.6 is 0 Å². The number of fused-ring (bicyclic) bond motifs is 1. The first-order valence-electron chi connectivity index (χ1n) is 6.43. The second-order valence-electron chi connectivity index (χ2n) is 4.76. The third-order valence-electron chi connectivity index (χ3n) is 3.59. The summed E-state index contributed by atoms with van der Waals surface area (Å²) in [7, 11) is 1.67. The Labute approximate surface area is 112 Å². The molecule has 0 fully saturated rings. The normalized spacial score (nSPS) is 17.9. The lowest BCUT2D eigenvalue weighted by Gasteiger charge is -2.27. The molecule has 0 radical (unpaired) electrons. The van der Waals surface area contributed by atoms with E-state index in [1.165, 1.54) is 17.2 Å². The number of rotatable bonds is 2. The summed E-state index contributed by atoms with van der Waals surface area (Å²) in [5, 5.41) is 3.45. The molecule has 0 bridgehead atoms. The van der Waals surface area contributed by atoms with Crippen LogP contribution in [-0.2, 0) is 6.42 Å². The molecule has 1 heterocycles. The van der Waals surface area contributed by atoms with Gasteiger partial charge in [0.2, 0.25) is 0 Å². The first-order valence-corrected chi connectivity index (χ1v) is 6.43. The van der Waals surface area contributed by atoms with Gasteiger partial charge in [0.1, 0.15) is 11.6 Å². The van der Waals surface area contributed by atoms with Gasteiger partial charge in [-0.2, -0.15) is 0 Å². The van der Waals surface area contributed by atoms with Crippen molar-refractivity contribution < 1.29 is 9.13 Å². The molecule has 0 amide bonds. The standard InChI is InChI=1S/C16H16FNO/c1-19-14-5-6-15-11(10-14)7-8-18-16(15)12-3-2-4-13(17)9-12/h2-6,9-10,16,18H,7-8H2,1H3. The van der Waals surface area contributed by atoms with Crippen LogP contribution in [0.4, 0.5) is 4.39 Å². The second-order valence-corrected chi connectivity index (χ2v) is 4.76. The lowest BCUT2D eigenvalue weighted by molar-refractivity contribution is 0.413. The van der Waals surface area contributed by atoms with Crippen molar-refractivity contribution in [3.05, 3.63) is 65.0 Å². The van der Waals surface area contributed by atoms with E-state index in [1.807, 2.05) is 12.1 Å². The van der Waals surface area contributed by atoms with Gasteiger partial charge in [-0.25, -0.2) is 4.39 Å². The summed E-state index contributed by atoms with van der Waals surface area (Å²) in [6.45, 7) is 0.890. The maximum Gasteiger partial charge on any atom is 0.123 e. The van der Waals surface area contributed by atoms with Crippen LogP contribution in [-0.4, -0.2) is 13.7 Å². The number of ether oxygens (including phenoxy) is 1. The van der Waals surface area contributed by atoms with E-state index in [0.717, 1.165) is 24.3 Å². The van der Waals surface area contributed by atoms with Crippen molar-refractivity contribution in [1.29, 1.82) is 0 Å². The van der Waals surface area contributed by atoms with E-state index in [4.69, 9.17) is 4.74 Å². The van der Waals surface area contributed by atoms with E-state index in [9.17, 15) is 4.39 Å². The summed E-state index contributed by atoms with van der Waals surface area (Å²) in [5.74, 6) is 0.679. The second kappa shape index (κ2) is 5.02. The Kier molecular flexibility index (Phi) is 3.22. The molecular weight excluding hydrogens is 241 g/mol. The Morgan fingerprint density at radius 2 is 2.11 bits per heavy atom. The van der Waals surface area contributed by atoms with Crippen molar-refractivity contribution in [2.45, 2.75) is 12.5 Å². The molecule has 2 aromatic carbocycles. The first-order chi connectivity index (χ1) is 9.28. The summed E-state index contributed by atoms with van der Waals surface area (Å²) < 4.78 is 18.6. The van der Waals surface area contributed by atoms with Gasteiger partial charge in [-0.1, -0.05) is 18.2 Å². The fourth-order valence-corrected chi connectivity index (χ4v) is 2.65. The molecule has 0 saturated heterocycles. The molecule has 0 aliphatic carbocycles. The number of hydrogen-bond acceptors (Lipinski definition) is 2. The molecule has 2 nitrogen and oxygen atoms in total. The number of benzene rings is 2. The highest BCUT2D eigenvalue weighted by atomic mass is 19.1. The third kappa shape index (κ3) is 2.34. The maximum absolute atomic E-state index is 13.4. The highest BCUT2D eigenvalue weighted by molar-refractivity contribution is 5.43. The smallest absolute Gasteiger partial charge is 0.123 e. The predicted molar refractivity (Wildman–Crippen MR) is 72.9 cm³/mol. The van der Waals surface area contributed by atoms with E-state index in [1.54, 1.807) is 19.2 Å². The lowest BCUT2D eigenvalue weighted by Crippen LogP contribution is -2.30. The van der Waals surface area contributed by atoms with Gasteiger partial charge in [0.15, 0.2) is 0 Å². The largest absolute Gasteiger partial charge is 0.497 e. The number of halogens is 1. The van der Waals surface area contributed by atoms with Crippen molar-refractivity contribution >= 4 is 0 Å². The van der Waals surface area contributed by atoms with Crippen LogP contribution in [0.5, 0.6) is 5.75 Å². The van der Waals surface area contributed by atoms with Gasteiger partial charge in [0, 0.05) is 6.54 Å². The Morgan fingerprint density at radius 3 is 2.89 bits per heavy atom. The molecule has 3 rings (SSSR count). The van der Waals surface area contributed by atoms with Crippen molar-refractivity contribution in [2.24, 2.45) is 0 Å². The Hall–Kier alpha value is -1.87. The van der Waals surface area contributed by atoms with E-state index < -0.39 is 0 Å². The summed E-state index contributed by atoms with van der Waals surface area (Å²) in [6.07, 6.45) is 0.971. The molecule has 1 aliphatic heterocycles. The average molecular weight is 257 g/mol. The van der Waals surface area contributed by atoms with Crippen molar-refractivity contribution in [3.8, 4) is 5.75 Å². The van der Waals surface area contributed by atoms with Crippen molar-refractivity contribution in [1.82, 2.24) is 5.32 Å². The van der Waals surface area contributed by atoms with Crippen molar-refractivity contribution in [3.63, 3.8) is 0 Å². The number of methoxy groups -OCH3 is 1. The molecule has 1 atom stereocenters. The lowest BCUT2D eigenvalue weighted by atomic mass is 9.90. The third-order valence-corrected chi connectivity index (χ3v) is 3.59. The van der Waals surface area contributed by atoms with Gasteiger partial charge in [0.05, 0.1) is 13.2 Å². The zero-order chi connectivity index (χ0) is 13.2. The molecule has 0 spiro atoms. The average Bonchev–Trinajstić information content (AvgIpc) is 2.46. The van der Waals surface area contributed by atoms with Crippen LogP contribution in [0.1, 0.15) is 22.7 Å². The summed E-state index contributed by atoms with van der Waals surface area (Å²) in [5.41, 5.74) is 3.44. The number of nitrogens with one attached hydrogen (secondary N) is 1. The first kappa shape index (κ1) is 12.2. The van der Waals surface area contributed by atoms with Gasteiger partial charge in [-0.15, -0.1) is 0 Å². The topological polar surface area (TPSA) is 21.3 Å². The Bertz CT molecular complexity index is 597. The molecule has 1 aliphatic rings. The van der Waals surface area contributed by atoms with Crippen LogP contribution in [0, 0.1) is 5.82 Å². The van der Waals surface area contributed by atoms with Gasteiger partial charge >= 0.3 is 0 Å². The van der Waals surface area contributed by atoms with Gasteiger partial charge < -0.3 is 10.1 Å². The van der Waals surface area contributed by atoms with Crippen LogP contribution in [0.25, 0.3) is 0 Å². The molecule has 1 N–H and O–H groups in total. The molecule has 3 heteroatoms. The molecule has 1 unspecified atom stereocenters. The van der Waals surface area contributed by atoms with E-state index in [2.05, 4.69) is 17.4 Å². The summed E-state index contributed by atoms with van der Waals surface area (Å²) >= 11 is 0. The molecule has 98 valence electrons. The monoisotopic (exact) mass is 257 g/mol. The number of hydrogen-bond donors (Lipinski definition) is 1. The van der Waals surface area contributed by atoms with Crippen LogP contribution < -0.4 is 10.1 Å². The highest BCUT2D eigenvalue weighted by Gasteiger charge is 2.21. The summed E-state index contributed by atoms with van der Waals surface area (Å²) in [4.78, 5) is 0. The quantitative estimate of drug-likeness (QED) is 0.892. The molecule has 0 aromatic heterocycles. The van der Waals surface area contributed by atoms with Crippen LogP contribution in [0.3, 0.4) is 0 Å². The molecule has 2 aromatic rings. The van der Waals surface area contributed by atoms with E-state index in [-0.39, 0.29) is 11.9 Å². The minimum Gasteiger partial charge on any atom is -0.497 e. The van der Waals surface area contributed by atoms with E-state index in [0.29, 0.717) is 0 Å². The van der Waals surface area contributed by atoms with Crippen LogP contribution in [0.2, 0.25) is 0 Å². The fourth-order valence-electron chi connectivity index (χ4n) is 2.65. The minimum atomic E-state index is -0.195. The SMILES string of the molecule is COc1ccc2c(c1)CCNC2c1cccc(F)c1. The summed E-state index contributed by atoms with van der Waals surface area (Å²) in [6, 6.07) is 12.9. The Morgan fingerprint density at radius 1 is 1.21 bits per heavy atom. The van der Waals surface area contributed by atoms with Gasteiger partial charge in [-0.3, -0.25) is 0 Å². The molecule has 19 heavy (non-hydrogen) atoms. The molecule has 0 saturated carbocycles. The van der Waals surface area contributed by atoms with Gasteiger partial charge in [-0.05, 0) is 47.4 Å². The zero-order valence-corrected chi connectivity index (χ0v) is 10.8. The Balaban J connectivity index is 2.03. The predicted octanol–water partition coefficient (Wildman–Crippen LogP) is 3.07. The minimum absolute atomic E-state index is 0.0605. The molecular formula is C16H16FNO. The maximum atomic E-state index is 13.4. The van der Waals surface area contributed by atoms with E-state index >= 15 is 0 Å². The fraction of sp³-hybridized carbons (Fsp3) is 0.250. The highest BCUT2D eigenvalue weighted by Crippen LogP contribution is 2.31. The van der Waals surface area contributed by atoms with Crippen LogP contribution in [0.15, 0.2) is 42.5 Å². The van der Waals surface area contributed by atoms with Gasteiger partial charge in [0.25, 0.3) is 0 Å². The van der Waals surface area contributed by atoms with Crippen molar-refractivity contribution in [2.75, 3.05) is 13.7 Å².